The summed E-state index contributed by atoms with van der Waals surface area (Å²) in [5, 5.41) is 3.54. The van der Waals surface area contributed by atoms with E-state index in [9.17, 15) is 0 Å². The molecule has 0 spiro atoms. The lowest BCUT2D eigenvalue weighted by Crippen LogP contribution is -2.18. The summed E-state index contributed by atoms with van der Waals surface area (Å²) >= 11 is 0. The minimum Gasteiger partial charge on any atom is -0.383 e. The van der Waals surface area contributed by atoms with Crippen LogP contribution >= 0.6 is 0 Å². The maximum absolute atomic E-state index is 3.77. The summed E-state index contributed by atoms with van der Waals surface area (Å²) in [5.41, 5.74) is 2.65. The van der Waals surface area contributed by atoms with Crippen molar-refractivity contribution in [1.29, 1.82) is 0 Å². The summed E-state index contributed by atoms with van der Waals surface area (Å²) < 4.78 is 0. The lowest BCUT2D eigenvalue weighted by Gasteiger charge is -2.17. The van der Waals surface area contributed by atoms with Gasteiger partial charge in [0.15, 0.2) is 0 Å². The van der Waals surface area contributed by atoms with E-state index in [-0.39, 0.29) is 0 Å². The molecule has 0 aliphatic carbocycles. The van der Waals surface area contributed by atoms with Crippen LogP contribution in [0, 0.1) is 0 Å². The molecule has 1 fully saturated rings. The highest BCUT2D eigenvalue weighted by atomic mass is 15.1. The third-order valence-electron chi connectivity index (χ3n) is 3.78. The zero-order chi connectivity index (χ0) is 13.5. The van der Waals surface area contributed by atoms with Crippen LogP contribution in [0.5, 0.6) is 0 Å². The van der Waals surface area contributed by atoms with E-state index in [2.05, 4.69) is 48.0 Å². The summed E-state index contributed by atoms with van der Waals surface area (Å²) in [5.74, 6) is 0. The first-order chi connectivity index (χ1) is 9.28. The van der Waals surface area contributed by atoms with Crippen molar-refractivity contribution in [3.05, 3.63) is 42.5 Å². The van der Waals surface area contributed by atoms with Crippen molar-refractivity contribution in [2.24, 2.45) is 0 Å². The highest BCUT2D eigenvalue weighted by molar-refractivity contribution is 5.45. The molecule has 104 valence electrons. The number of nitrogens with one attached hydrogen (secondary N) is 1. The number of hydrogen-bond donors (Lipinski definition) is 1. The van der Waals surface area contributed by atoms with Gasteiger partial charge in [0.1, 0.15) is 0 Å². The van der Waals surface area contributed by atoms with Gasteiger partial charge in [-0.05, 0) is 63.4 Å². The van der Waals surface area contributed by atoms with Crippen molar-refractivity contribution in [1.82, 2.24) is 4.90 Å². The fraction of sp³-hybridized carbons (Fsp3) is 0.529. The van der Waals surface area contributed by atoms with Gasteiger partial charge in [-0.3, -0.25) is 4.90 Å². The Labute approximate surface area is 117 Å². The Balaban J connectivity index is 1.81. The number of nitrogens with zero attached hydrogens (tertiary/aromatic N) is 1. The van der Waals surface area contributed by atoms with Crippen LogP contribution in [0.15, 0.2) is 36.9 Å². The highest BCUT2D eigenvalue weighted by Gasteiger charge is 2.11. The molecule has 2 heteroatoms. The first-order valence-corrected chi connectivity index (χ1v) is 7.46. The van der Waals surface area contributed by atoms with Crippen LogP contribution in [-0.2, 0) is 6.54 Å². The molecule has 1 aromatic carbocycles. The van der Waals surface area contributed by atoms with Gasteiger partial charge >= 0.3 is 0 Å². The standard InChI is InChI=1S/C17H26N2/c1-3-4-7-15(2)18-17-10-8-16(9-11-17)14-19-12-5-6-13-19/h3,8-11,15,18H,1,4-7,12-14H2,2H3. The maximum atomic E-state index is 3.77. The smallest absolute Gasteiger partial charge is 0.0342 e. The molecular weight excluding hydrogens is 232 g/mol. The highest BCUT2D eigenvalue weighted by Crippen LogP contribution is 2.16. The van der Waals surface area contributed by atoms with Gasteiger partial charge in [0.25, 0.3) is 0 Å². The van der Waals surface area contributed by atoms with Gasteiger partial charge in [-0.25, -0.2) is 0 Å². The molecule has 1 unspecified atom stereocenters. The molecule has 2 rings (SSSR count). The largest absolute Gasteiger partial charge is 0.383 e. The van der Waals surface area contributed by atoms with Crippen LogP contribution in [0.4, 0.5) is 5.69 Å². The van der Waals surface area contributed by atoms with Crippen molar-refractivity contribution in [3.8, 4) is 0 Å². The summed E-state index contributed by atoms with van der Waals surface area (Å²) in [4.78, 5) is 2.54. The number of anilines is 1. The minimum absolute atomic E-state index is 0.502. The van der Waals surface area contributed by atoms with Gasteiger partial charge in [0, 0.05) is 18.3 Å². The van der Waals surface area contributed by atoms with Crippen LogP contribution in [0.1, 0.15) is 38.2 Å². The molecular formula is C17H26N2. The molecule has 1 aromatic rings. The van der Waals surface area contributed by atoms with Crippen molar-refractivity contribution in [2.75, 3.05) is 18.4 Å². The van der Waals surface area contributed by atoms with Crippen LogP contribution in [0.25, 0.3) is 0 Å². The first-order valence-electron chi connectivity index (χ1n) is 7.46. The van der Waals surface area contributed by atoms with Crippen molar-refractivity contribution < 1.29 is 0 Å². The molecule has 0 saturated carbocycles. The zero-order valence-electron chi connectivity index (χ0n) is 12.1. The normalized spacial score (nSPS) is 17.3. The van der Waals surface area contributed by atoms with Crippen molar-refractivity contribution in [2.45, 2.75) is 45.2 Å². The zero-order valence-corrected chi connectivity index (χ0v) is 12.1. The fourth-order valence-corrected chi connectivity index (χ4v) is 2.63. The van der Waals surface area contributed by atoms with E-state index in [1.54, 1.807) is 0 Å². The van der Waals surface area contributed by atoms with Gasteiger partial charge in [0.05, 0.1) is 0 Å². The summed E-state index contributed by atoms with van der Waals surface area (Å²) in [7, 11) is 0. The lowest BCUT2D eigenvalue weighted by molar-refractivity contribution is 0.331. The molecule has 0 radical (unpaired) electrons. The van der Waals surface area contributed by atoms with E-state index in [0.717, 1.165) is 19.4 Å². The molecule has 0 bridgehead atoms. The van der Waals surface area contributed by atoms with Gasteiger partial charge in [-0.1, -0.05) is 18.2 Å². The summed E-state index contributed by atoms with van der Waals surface area (Å²) in [6, 6.07) is 9.41. The predicted octanol–water partition coefficient (Wildman–Crippen LogP) is 4.05. The van der Waals surface area contributed by atoms with Gasteiger partial charge < -0.3 is 5.32 Å². The van der Waals surface area contributed by atoms with E-state index in [1.807, 2.05) is 6.08 Å². The summed E-state index contributed by atoms with van der Waals surface area (Å²) in [6.07, 6.45) is 6.92. The topological polar surface area (TPSA) is 15.3 Å². The molecule has 0 amide bonds. The SMILES string of the molecule is C=CCCC(C)Nc1ccc(CN2CCCC2)cc1. The number of allylic oxidation sites excluding steroid dienone is 1. The minimum atomic E-state index is 0.502. The molecule has 1 atom stereocenters. The molecule has 1 aliphatic heterocycles. The molecule has 2 nitrogen and oxygen atoms in total. The van der Waals surface area contributed by atoms with E-state index >= 15 is 0 Å². The predicted molar refractivity (Wildman–Crippen MR) is 83.5 cm³/mol. The van der Waals surface area contributed by atoms with Gasteiger partial charge in [0.2, 0.25) is 0 Å². The monoisotopic (exact) mass is 258 g/mol. The Hall–Kier alpha value is -1.28. The van der Waals surface area contributed by atoms with E-state index in [4.69, 9.17) is 0 Å². The van der Waals surface area contributed by atoms with Crippen LogP contribution in [0.2, 0.25) is 0 Å². The van der Waals surface area contributed by atoms with Gasteiger partial charge in [-0.15, -0.1) is 6.58 Å². The average Bonchev–Trinajstić information content (AvgIpc) is 2.91. The number of benzene rings is 1. The Morgan fingerprint density at radius 1 is 1.26 bits per heavy atom. The van der Waals surface area contributed by atoms with Gasteiger partial charge in [-0.2, -0.15) is 0 Å². The second kappa shape index (κ2) is 7.34. The van der Waals surface area contributed by atoms with Crippen LogP contribution < -0.4 is 5.32 Å². The molecule has 1 heterocycles. The first kappa shape index (κ1) is 14.1. The van der Waals surface area contributed by atoms with E-state index in [0.29, 0.717) is 6.04 Å². The number of likely N-dealkylation sites (tertiary alicyclic amines) is 1. The average molecular weight is 258 g/mol. The number of rotatable bonds is 7. The molecule has 1 N–H and O–H groups in total. The van der Waals surface area contributed by atoms with E-state index in [1.165, 1.54) is 37.2 Å². The Morgan fingerprint density at radius 2 is 1.95 bits per heavy atom. The van der Waals surface area contributed by atoms with Crippen molar-refractivity contribution >= 4 is 5.69 Å². The van der Waals surface area contributed by atoms with Crippen LogP contribution in [0.3, 0.4) is 0 Å². The summed E-state index contributed by atoms with van der Waals surface area (Å²) in [6.45, 7) is 9.62. The third kappa shape index (κ3) is 4.71. The van der Waals surface area contributed by atoms with Crippen LogP contribution in [-0.4, -0.2) is 24.0 Å². The Kier molecular flexibility index (Phi) is 5.46. The molecule has 19 heavy (non-hydrogen) atoms. The molecule has 0 aromatic heterocycles. The Morgan fingerprint density at radius 3 is 2.58 bits per heavy atom. The fourth-order valence-electron chi connectivity index (χ4n) is 2.63. The Bertz CT molecular complexity index is 377. The van der Waals surface area contributed by atoms with E-state index < -0.39 is 0 Å². The molecule has 1 aliphatic rings. The molecule has 1 saturated heterocycles. The maximum Gasteiger partial charge on any atom is 0.0342 e. The lowest BCUT2D eigenvalue weighted by atomic mass is 10.1. The third-order valence-corrected chi connectivity index (χ3v) is 3.78. The second-order valence-electron chi connectivity index (χ2n) is 5.59. The quantitative estimate of drug-likeness (QED) is 0.742. The van der Waals surface area contributed by atoms with Crippen molar-refractivity contribution in [3.63, 3.8) is 0 Å². The second-order valence-corrected chi connectivity index (χ2v) is 5.59. The number of hydrogen-bond acceptors (Lipinski definition) is 2.